The van der Waals surface area contributed by atoms with Gasteiger partial charge in [-0.3, -0.25) is 14.9 Å². The van der Waals surface area contributed by atoms with Crippen molar-refractivity contribution >= 4 is 17.4 Å². The van der Waals surface area contributed by atoms with E-state index in [4.69, 9.17) is 4.74 Å². The van der Waals surface area contributed by atoms with Crippen LogP contribution < -0.4 is 0 Å². The smallest absolute Gasteiger partial charge is 0.309 e. The third-order valence-electron chi connectivity index (χ3n) is 2.82. The molecule has 6 nitrogen and oxygen atoms in total. The lowest BCUT2D eigenvalue weighted by Gasteiger charge is -2.16. The molecule has 0 radical (unpaired) electrons. The Bertz CT molecular complexity index is 539. The molecule has 1 aromatic carbocycles. The van der Waals surface area contributed by atoms with Gasteiger partial charge in [-0.15, -0.1) is 0 Å². The number of carbonyl (C=O) groups excluding carboxylic acids is 2. The predicted octanol–water partition coefficient (Wildman–Crippen LogP) is 2.68. The molecule has 0 N–H and O–H groups in total. The number of nitro groups is 1. The average molecular weight is 293 g/mol. The minimum atomic E-state index is -0.619. The van der Waals surface area contributed by atoms with Gasteiger partial charge in [-0.2, -0.15) is 0 Å². The molecule has 0 saturated carbocycles. The van der Waals surface area contributed by atoms with Crippen LogP contribution >= 0.6 is 0 Å². The van der Waals surface area contributed by atoms with Gasteiger partial charge in [0.05, 0.1) is 16.9 Å². The number of hydrogen-bond acceptors (Lipinski definition) is 5. The largest absolute Gasteiger partial charge is 0.463 e. The highest BCUT2D eigenvalue weighted by Crippen LogP contribution is 2.19. The number of benzene rings is 1. The first-order valence-corrected chi connectivity index (χ1v) is 6.73. The van der Waals surface area contributed by atoms with Crippen molar-refractivity contribution in [2.24, 2.45) is 5.92 Å². The van der Waals surface area contributed by atoms with Crippen LogP contribution in [0.5, 0.6) is 0 Å². The van der Waals surface area contributed by atoms with Crippen molar-refractivity contribution in [3.8, 4) is 0 Å². The van der Waals surface area contributed by atoms with Crippen molar-refractivity contribution in [1.29, 1.82) is 0 Å². The Morgan fingerprint density at radius 1 is 1.33 bits per heavy atom. The maximum Gasteiger partial charge on any atom is 0.309 e. The zero-order valence-corrected chi connectivity index (χ0v) is 12.4. The highest BCUT2D eigenvalue weighted by molar-refractivity contribution is 5.83. The van der Waals surface area contributed by atoms with E-state index in [9.17, 15) is 19.7 Å². The van der Waals surface area contributed by atoms with Crippen LogP contribution in [-0.4, -0.2) is 22.8 Å². The van der Waals surface area contributed by atoms with Crippen LogP contribution in [0.4, 0.5) is 5.69 Å². The molecule has 0 aliphatic rings. The van der Waals surface area contributed by atoms with Gasteiger partial charge in [0.15, 0.2) is 0 Å². The van der Waals surface area contributed by atoms with E-state index in [0.717, 1.165) is 0 Å². The molecule has 0 amide bonds. The molecule has 0 bridgehead atoms. The fourth-order valence-corrected chi connectivity index (χ4v) is 2.00. The molecule has 1 rings (SSSR count). The molecule has 1 aromatic rings. The number of ketones is 1. The molecule has 0 aliphatic heterocycles. The van der Waals surface area contributed by atoms with Crippen LogP contribution in [0, 0.1) is 16.0 Å². The van der Waals surface area contributed by atoms with E-state index in [2.05, 4.69) is 0 Å². The van der Waals surface area contributed by atoms with Crippen LogP contribution in [0.3, 0.4) is 0 Å². The van der Waals surface area contributed by atoms with Crippen LogP contribution in [0.1, 0.15) is 32.8 Å². The summed E-state index contributed by atoms with van der Waals surface area (Å²) in [5.41, 5.74) is 0.599. The molecule has 0 saturated heterocycles. The van der Waals surface area contributed by atoms with E-state index >= 15 is 0 Å². The Hall–Kier alpha value is -2.24. The van der Waals surface area contributed by atoms with Crippen molar-refractivity contribution in [2.45, 2.75) is 39.7 Å². The molecule has 0 heterocycles. The summed E-state index contributed by atoms with van der Waals surface area (Å²) in [5, 5.41) is 10.8. The second-order valence-corrected chi connectivity index (χ2v) is 5.22. The number of rotatable bonds is 7. The number of Topliss-reactive ketones (excluding diaryl/α,β-unsaturated/α-hetero) is 1. The van der Waals surface area contributed by atoms with Gasteiger partial charge in [0.1, 0.15) is 5.78 Å². The van der Waals surface area contributed by atoms with Gasteiger partial charge in [-0.25, -0.2) is 0 Å². The molecule has 21 heavy (non-hydrogen) atoms. The van der Waals surface area contributed by atoms with E-state index in [1.807, 2.05) is 0 Å². The van der Waals surface area contributed by atoms with Gasteiger partial charge in [0.25, 0.3) is 5.69 Å². The normalized spacial score (nSPS) is 12.0. The SMILES string of the molecule is CC(=O)CC(Cc1cccc([N+](=O)[O-])c1)C(=O)OC(C)C. The molecule has 6 heteroatoms. The highest BCUT2D eigenvalue weighted by Gasteiger charge is 2.23. The summed E-state index contributed by atoms with van der Waals surface area (Å²) in [6.45, 7) is 4.87. The average Bonchev–Trinajstić information content (AvgIpc) is 2.37. The number of esters is 1. The summed E-state index contributed by atoms with van der Waals surface area (Å²) in [5.74, 6) is -1.19. The fraction of sp³-hybridized carbons (Fsp3) is 0.467. The molecule has 0 aromatic heterocycles. The van der Waals surface area contributed by atoms with E-state index < -0.39 is 16.8 Å². The number of non-ortho nitro benzene ring substituents is 1. The number of carbonyl (C=O) groups is 2. The van der Waals surface area contributed by atoms with E-state index in [0.29, 0.717) is 5.56 Å². The number of nitro benzene ring substituents is 1. The Kier molecular flexibility index (Phi) is 6.02. The Morgan fingerprint density at radius 3 is 2.52 bits per heavy atom. The topological polar surface area (TPSA) is 86.5 Å². The van der Waals surface area contributed by atoms with Crippen molar-refractivity contribution in [3.63, 3.8) is 0 Å². The quantitative estimate of drug-likeness (QED) is 0.438. The molecular weight excluding hydrogens is 274 g/mol. The highest BCUT2D eigenvalue weighted by atomic mass is 16.6. The minimum Gasteiger partial charge on any atom is -0.463 e. The van der Waals surface area contributed by atoms with E-state index in [1.165, 1.54) is 19.1 Å². The maximum atomic E-state index is 12.0. The minimum absolute atomic E-state index is 0.0358. The van der Waals surface area contributed by atoms with Gasteiger partial charge in [-0.1, -0.05) is 12.1 Å². The van der Waals surface area contributed by atoms with Gasteiger partial charge in [0, 0.05) is 18.6 Å². The summed E-state index contributed by atoms with van der Waals surface area (Å²) in [4.78, 5) is 33.6. The van der Waals surface area contributed by atoms with Crippen molar-refractivity contribution in [2.75, 3.05) is 0 Å². The first-order valence-electron chi connectivity index (χ1n) is 6.73. The summed E-state index contributed by atoms with van der Waals surface area (Å²) in [6, 6.07) is 6.06. The molecular formula is C15H19NO5. The van der Waals surface area contributed by atoms with Crippen LogP contribution in [0.15, 0.2) is 24.3 Å². The molecule has 1 atom stereocenters. The first kappa shape index (κ1) is 16.8. The summed E-state index contributed by atoms with van der Waals surface area (Å²) in [7, 11) is 0. The number of ether oxygens (including phenoxy) is 1. The lowest BCUT2D eigenvalue weighted by Crippen LogP contribution is -2.25. The molecule has 114 valence electrons. The Labute approximate surface area is 123 Å². The summed E-state index contributed by atoms with van der Waals surface area (Å²) >= 11 is 0. The first-order chi connectivity index (χ1) is 9.79. The molecule has 1 unspecified atom stereocenters. The zero-order valence-electron chi connectivity index (χ0n) is 12.4. The third-order valence-corrected chi connectivity index (χ3v) is 2.82. The van der Waals surface area contributed by atoms with Crippen molar-refractivity contribution in [1.82, 2.24) is 0 Å². The Balaban J connectivity index is 2.90. The van der Waals surface area contributed by atoms with Gasteiger partial charge in [0.2, 0.25) is 0 Å². The molecule has 0 aliphatic carbocycles. The maximum absolute atomic E-state index is 12.0. The van der Waals surface area contributed by atoms with Crippen LogP contribution in [-0.2, 0) is 20.7 Å². The Morgan fingerprint density at radius 2 is 2.00 bits per heavy atom. The van der Waals surface area contributed by atoms with E-state index in [1.54, 1.807) is 26.0 Å². The third kappa shape index (κ3) is 5.72. The van der Waals surface area contributed by atoms with Crippen LogP contribution in [0.25, 0.3) is 0 Å². The summed E-state index contributed by atoms with van der Waals surface area (Å²) < 4.78 is 5.14. The van der Waals surface area contributed by atoms with Crippen molar-refractivity contribution in [3.05, 3.63) is 39.9 Å². The predicted molar refractivity (Wildman–Crippen MR) is 76.8 cm³/mol. The number of hydrogen-bond donors (Lipinski definition) is 0. The van der Waals surface area contributed by atoms with Crippen molar-refractivity contribution < 1.29 is 19.2 Å². The number of nitrogens with zero attached hydrogens (tertiary/aromatic N) is 1. The van der Waals surface area contributed by atoms with Gasteiger partial charge < -0.3 is 9.53 Å². The molecule has 0 spiro atoms. The zero-order chi connectivity index (χ0) is 16.0. The second-order valence-electron chi connectivity index (χ2n) is 5.22. The van der Waals surface area contributed by atoms with E-state index in [-0.39, 0.29) is 30.4 Å². The monoisotopic (exact) mass is 293 g/mol. The lowest BCUT2D eigenvalue weighted by atomic mass is 9.94. The standard InChI is InChI=1S/C15H19NO5/c1-10(2)21-15(18)13(7-11(3)17)8-12-5-4-6-14(9-12)16(19)20/h4-6,9-10,13H,7-8H2,1-3H3. The lowest BCUT2D eigenvalue weighted by molar-refractivity contribution is -0.384. The van der Waals surface area contributed by atoms with Gasteiger partial charge in [-0.05, 0) is 32.8 Å². The summed E-state index contributed by atoms with van der Waals surface area (Å²) in [6.07, 6.45) is 0.0400. The van der Waals surface area contributed by atoms with Crippen LogP contribution in [0.2, 0.25) is 0 Å². The fourth-order valence-electron chi connectivity index (χ4n) is 2.00. The van der Waals surface area contributed by atoms with Gasteiger partial charge >= 0.3 is 5.97 Å². The second kappa shape index (κ2) is 7.52. The molecule has 0 fully saturated rings.